The van der Waals surface area contributed by atoms with Crippen LogP contribution in [0.5, 0.6) is 0 Å². The van der Waals surface area contributed by atoms with Gasteiger partial charge in [0.15, 0.2) is 0 Å². The van der Waals surface area contributed by atoms with E-state index < -0.39 is 0 Å². The maximum Gasteiger partial charge on any atom is 0.117 e. The SMILES string of the molecule is C=C[C@@H](C)NCc1ccco1. The Kier molecular flexibility index (Phi) is 2.93. The number of furan rings is 1. The molecule has 1 heterocycles. The highest BCUT2D eigenvalue weighted by atomic mass is 16.3. The minimum atomic E-state index is 0.333. The maximum atomic E-state index is 5.13. The van der Waals surface area contributed by atoms with Gasteiger partial charge in [-0.2, -0.15) is 0 Å². The highest BCUT2D eigenvalue weighted by Crippen LogP contribution is 1.99. The summed E-state index contributed by atoms with van der Waals surface area (Å²) in [4.78, 5) is 0. The Labute approximate surface area is 66.9 Å². The standard InChI is InChI=1S/C9H13NO/c1-3-8(2)10-7-9-5-4-6-11-9/h3-6,8,10H,1,7H2,2H3/t8-/m1/s1. The highest BCUT2D eigenvalue weighted by Gasteiger charge is 1.96. The fourth-order valence-corrected chi connectivity index (χ4v) is 0.758. The lowest BCUT2D eigenvalue weighted by Crippen LogP contribution is -2.22. The number of hydrogen-bond donors (Lipinski definition) is 1. The molecule has 0 unspecified atom stereocenters. The van der Waals surface area contributed by atoms with Gasteiger partial charge in [0.25, 0.3) is 0 Å². The summed E-state index contributed by atoms with van der Waals surface area (Å²) in [7, 11) is 0. The third-order valence-corrected chi connectivity index (χ3v) is 1.53. The minimum absolute atomic E-state index is 0.333. The molecule has 0 bridgehead atoms. The van der Waals surface area contributed by atoms with Gasteiger partial charge in [0.2, 0.25) is 0 Å². The predicted molar refractivity (Wildman–Crippen MR) is 45.2 cm³/mol. The van der Waals surface area contributed by atoms with Crippen LogP contribution in [0, 0.1) is 0 Å². The molecule has 0 aliphatic carbocycles. The van der Waals surface area contributed by atoms with Crippen LogP contribution in [0.1, 0.15) is 12.7 Å². The molecule has 2 nitrogen and oxygen atoms in total. The Bertz CT molecular complexity index is 203. The third kappa shape index (κ3) is 2.60. The van der Waals surface area contributed by atoms with E-state index >= 15 is 0 Å². The minimum Gasteiger partial charge on any atom is -0.468 e. The van der Waals surface area contributed by atoms with Crippen LogP contribution in [0.25, 0.3) is 0 Å². The zero-order chi connectivity index (χ0) is 8.10. The van der Waals surface area contributed by atoms with Crippen molar-refractivity contribution in [3.63, 3.8) is 0 Å². The molecule has 0 spiro atoms. The van der Waals surface area contributed by atoms with Crippen molar-refractivity contribution in [1.29, 1.82) is 0 Å². The molecule has 0 aliphatic heterocycles. The van der Waals surface area contributed by atoms with Crippen molar-refractivity contribution in [2.75, 3.05) is 0 Å². The van der Waals surface area contributed by atoms with E-state index in [4.69, 9.17) is 4.42 Å². The first kappa shape index (κ1) is 8.08. The second-order valence-electron chi connectivity index (χ2n) is 2.48. The molecule has 0 aliphatic rings. The summed E-state index contributed by atoms with van der Waals surface area (Å²) in [5.41, 5.74) is 0. The summed E-state index contributed by atoms with van der Waals surface area (Å²) < 4.78 is 5.13. The van der Waals surface area contributed by atoms with Gasteiger partial charge in [-0.15, -0.1) is 6.58 Å². The van der Waals surface area contributed by atoms with Crippen LogP contribution < -0.4 is 5.32 Å². The van der Waals surface area contributed by atoms with Crippen molar-refractivity contribution in [1.82, 2.24) is 5.32 Å². The molecule has 1 aromatic heterocycles. The first-order valence-electron chi connectivity index (χ1n) is 3.71. The fourth-order valence-electron chi connectivity index (χ4n) is 0.758. The average molecular weight is 151 g/mol. The van der Waals surface area contributed by atoms with Crippen molar-refractivity contribution < 1.29 is 4.42 Å². The van der Waals surface area contributed by atoms with Crippen LogP contribution in [0.3, 0.4) is 0 Å². The highest BCUT2D eigenvalue weighted by molar-refractivity contribution is 4.98. The van der Waals surface area contributed by atoms with E-state index in [1.165, 1.54) is 0 Å². The topological polar surface area (TPSA) is 25.2 Å². The zero-order valence-corrected chi connectivity index (χ0v) is 6.71. The monoisotopic (exact) mass is 151 g/mol. The van der Waals surface area contributed by atoms with Crippen LogP contribution in [-0.2, 0) is 6.54 Å². The zero-order valence-electron chi connectivity index (χ0n) is 6.71. The van der Waals surface area contributed by atoms with Gasteiger partial charge < -0.3 is 9.73 Å². The van der Waals surface area contributed by atoms with Crippen LogP contribution >= 0.6 is 0 Å². The molecule has 0 aromatic carbocycles. The second-order valence-corrected chi connectivity index (χ2v) is 2.48. The molecular weight excluding hydrogens is 138 g/mol. The smallest absolute Gasteiger partial charge is 0.117 e. The van der Waals surface area contributed by atoms with Crippen LogP contribution in [0.4, 0.5) is 0 Å². The third-order valence-electron chi connectivity index (χ3n) is 1.53. The summed E-state index contributed by atoms with van der Waals surface area (Å²) in [6.45, 7) is 6.48. The van der Waals surface area contributed by atoms with E-state index in [-0.39, 0.29) is 0 Å². The normalized spacial score (nSPS) is 12.8. The van der Waals surface area contributed by atoms with E-state index in [1.807, 2.05) is 18.2 Å². The molecule has 1 aromatic rings. The molecule has 1 atom stereocenters. The Hall–Kier alpha value is -1.02. The molecular formula is C9H13NO. The maximum absolute atomic E-state index is 5.13. The van der Waals surface area contributed by atoms with Gasteiger partial charge >= 0.3 is 0 Å². The van der Waals surface area contributed by atoms with Crippen molar-refractivity contribution in [3.05, 3.63) is 36.8 Å². The summed E-state index contributed by atoms with van der Waals surface area (Å²) in [5.74, 6) is 0.957. The van der Waals surface area contributed by atoms with Gasteiger partial charge in [0, 0.05) is 6.04 Å². The van der Waals surface area contributed by atoms with Crippen molar-refractivity contribution in [3.8, 4) is 0 Å². The van der Waals surface area contributed by atoms with Gasteiger partial charge in [-0.3, -0.25) is 0 Å². The number of rotatable bonds is 4. The van der Waals surface area contributed by atoms with E-state index in [9.17, 15) is 0 Å². The molecule has 0 saturated heterocycles. The van der Waals surface area contributed by atoms with E-state index in [0.717, 1.165) is 12.3 Å². The number of hydrogen-bond acceptors (Lipinski definition) is 2. The van der Waals surface area contributed by atoms with Gasteiger partial charge in [-0.25, -0.2) is 0 Å². The average Bonchev–Trinajstić information content (AvgIpc) is 2.52. The van der Waals surface area contributed by atoms with Gasteiger partial charge in [-0.1, -0.05) is 6.08 Å². The molecule has 0 saturated carbocycles. The Balaban J connectivity index is 2.28. The molecule has 0 fully saturated rings. The lowest BCUT2D eigenvalue weighted by Gasteiger charge is -2.05. The summed E-state index contributed by atoms with van der Waals surface area (Å²) >= 11 is 0. The Morgan fingerprint density at radius 1 is 1.82 bits per heavy atom. The van der Waals surface area contributed by atoms with Crippen molar-refractivity contribution in [2.24, 2.45) is 0 Å². The van der Waals surface area contributed by atoms with E-state index in [2.05, 4.69) is 18.8 Å². The first-order valence-corrected chi connectivity index (χ1v) is 3.71. The molecule has 1 rings (SSSR count). The lowest BCUT2D eigenvalue weighted by atomic mass is 10.3. The predicted octanol–water partition coefficient (Wildman–Crippen LogP) is 1.94. The molecule has 11 heavy (non-hydrogen) atoms. The lowest BCUT2D eigenvalue weighted by molar-refractivity contribution is 0.474. The van der Waals surface area contributed by atoms with Crippen molar-refractivity contribution >= 4 is 0 Å². The number of nitrogens with one attached hydrogen (secondary N) is 1. The summed E-state index contributed by atoms with van der Waals surface area (Å²) in [6, 6.07) is 4.17. The van der Waals surface area contributed by atoms with Crippen LogP contribution in [0.15, 0.2) is 35.5 Å². The van der Waals surface area contributed by atoms with Crippen LogP contribution in [-0.4, -0.2) is 6.04 Å². The van der Waals surface area contributed by atoms with E-state index in [1.54, 1.807) is 6.26 Å². The van der Waals surface area contributed by atoms with Gasteiger partial charge in [0.1, 0.15) is 5.76 Å². The van der Waals surface area contributed by atoms with Crippen molar-refractivity contribution in [2.45, 2.75) is 19.5 Å². The molecule has 1 N–H and O–H groups in total. The summed E-state index contributed by atoms with van der Waals surface area (Å²) in [5, 5.41) is 3.22. The molecule has 0 radical (unpaired) electrons. The van der Waals surface area contributed by atoms with Gasteiger partial charge in [-0.05, 0) is 19.1 Å². The summed E-state index contributed by atoms with van der Waals surface area (Å²) in [6.07, 6.45) is 3.54. The first-order chi connectivity index (χ1) is 5.33. The second kappa shape index (κ2) is 3.98. The largest absolute Gasteiger partial charge is 0.468 e. The van der Waals surface area contributed by atoms with Crippen LogP contribution in [0.2, 0.25) is 0 Å². The molecule has 0 amide bonds. The quantitative estimate of drug-likeness (QED) is 0.665. The molecule has 60 valence electrons. The molecule has 2 heteroatoms. The van der Waals surface area contributed by atoms with Gasteiger partial charge in [0.05, 0.1) is 12.8 Å². The Morgan fingerprint density at radius 2 is 2.64 bits per heavy atom. The Morgan fingerprint density at radius 3 is 3.18 bits per heavy atom. The fraction of sp³-hybridized carbons (Fsp3) is 0.333. The van der Waals surface area contributed by atoms with E-state index in [0.29, 0.717) is 6.04 Å².